The third-order valence-corrected chi connectivity index (χ3v) is 2.45. The van der Waals surface area contributed by atoms with Gasteiger partial charge in [-0.1, -0.05) is 6.07 Å². The van der Waals surface area contributed by atoms with Crippen molar-refractivity contribution in [3.05, 3.63) is 29.3 Å². The van der Waals surface area contributed by atoms with Crippen LogP contribution in [-0.2, 0) is 4.79 Å². The van der Waals surface area contributed by atoms with Gasteiger partial charge in [0, 0.05) is 13.5 Å². The first-order valence-corrected chi connectivity index (χ1v) is 5.72. The SMILES string of the molecule is CNC(=O)CCCOc1cc(C)ccc1C(=O)O. The van der Waals surface area contributed by atoms with Gasteiger partial charge in [-0.15, -0.1) is 0 Å². The van der Waals surface area contributed by atoms with Crippen molar-refractivity contribution < 1.29 is 19.4 Å². The lowest BCUT2D eigenvalue weighted by atomic mass is 10.1. The van der Waals surface area contributed by atoms with Crippen molar-refractivity contribution in [2.75, 3.05) is 13.7 Å². The lowest BCUT2D eigenvalue weighted by molar-refractivity contribution is -0.120. The van der Waals surface area contributed by atoms with Gasteiger partial charge in [-0.05, 0) is 31.0 Å². The number of carbonyl (C=O) groups excluding carboxylic acids is 1. The summed E-state index contributed by atoms with van der Waals surface area (Å²) in [5, 5.41) is 11.5. The lowest BCUT2D eigenvalue weighted by Gasteiger charge is -2.09. The standard InChI is InChI=1S/C13H17NO4/c1-9-5-6-10(13(16)17)11(8-9)18-7-3-4-12(15)14-2/h5-6,8H,3-4,7H2,1-2H3,(H,14,15)(H,16,17). The number of ether oxygens (including phenoxy) is 1. The van der Waals surface area contributed by atoms with E-state index in [-0.39, 0.29) is 11.5 Å². The van der Waals surface area contributed by atoms with Crippen LogP contribution in [0.15, 0.2) is 18.2 Å². The summed E-state index contributed by atoms with van der Waals surface area (Å²) in [6.45, 7) is 2.18. The summed E-state index contributed by atoms with van der Waals surface area (Å²) in [6.07, 6.45) is 0.914. The van der Waals surface area contributed by atoms with Gasteiger partial charge in [-0.3, -0.25) is 4.79 Å². The summed E-state index contributed by atoms with van der Waals surface area (Å²) in [4.78, 5) is 22.0. The van der Waals surface area contributed by atoms with E-state index in [4.69, 9.17) is 9.84 Å². The molecule has 0 radical (unpaired) electrons. The van der Waals surface area contributed by atoms with Crippen LogP contribution in [0.25, 0.3) is 0 Å². The second-order valence-corrected chi connectivity index (χ2v) is 3.93. The van der Waals surface area contributed by atoms with Crippen LogP contribution in [0.3, 0.4) is 0 Å². The average Bonchev–Trinajstić information content (AvgIpc) is 2.34. The first kappa shape index (κ1) is 14.0. The van der Waals surface area contributed by atoms with Gasteiger partial charge in [0.25, 0.3) is 0 Å². The van der Waals surface area contributed by atoms with Gasteiger partial charge in [0.2, 0.25) is 5.91 Å². The van der Waals surface area contributed by atoms with E-state index < -0.39 is 5.97 Å². The van der Waals surface area contributed by atoms with Gasteiger partial charge in [-0.2, -0.15) is 0 Å². The zero-order valence-corrected chi connectivity index (χ0v) is 10.5. The lowest BCUT2D eigenvalue weighted by Crippen LogP contribution is -2.18. The number of benzene rings is 1. The number of hydrogen-bond donors (Lipinski definition) is 2. The molecule has 0 spiro atoms. The molecule has 1 aromatic carbocycles. The highest BCUT2D eigenvalue weighted by Crippen LogP contribution is 2.20. The molecule has 2 N–H and O–H groups in total. The monoisotopic (exact) mass is 251 g/mol. The van der Waals surface area contributed by atoms with E-state index in [2.05, 4.69) is 5.32 Å². The Labute approximate surface area is 106 Å². The molecule has 1 rings (SSSR count). The Hall–Kier alpha value is -2.04. The Kier molecular flexibility index (Phi) is 5.17. The smallest absolute Gasteiger partial charge is 0.339 e. The molecule has 0 atom stereocenters. The van der Waals surface area contributed by atoms with Crippen molar-refractivity contribution in [3.63, 3.8) is 0 Å². The summed E-state index contributed by atoms with van der Waals surface area (Å²) >= 11 is 0. The van der Waals surface area contributed by atoms with E-state index >= 15 is 0 Å². The number of aromatic carboxylic acids is 1. The van der Waals surface area contributed by atoms with Crippen molar-refractivity contribution in [1.29, 1.82) is 0 Å². The van der Waals surface area contributed by atoms with Crippen LogP contribution in [0.2, 0.25) is 0 Å². The highest BCUT2D eigenvalue weighted by Gasteiger charge is 2.11. The Morgan fingerprint density at radius 2 is 2.11 bits per heavy atom. The molecule has 0 saturated carbocycles. The predicted molar refractivity (Wildman–Crippen MR) is 66.9 cm³/mol. The molecule has 0 unspecified atom stereocenters. The summed E-state index contributed by atoms with van der Waals surface area (Å²) in [5.41, 5.74) is 1.07. The number of carboxylic acids is 1. The Balaban J connectivity index is 2.58. The molecular formula is C13H17NO4. The van der Waals surface area contributed by atoms with Crippen molar-refractivity contribution in [1.82, 2.24) is 5.32 Å². The largest absolute Gasteiger partial charge is 0.493 e. The first-order chi connectivity index (χ1) is 8.54. The summed E-state index contributed by atoms with van der Waals surface area (Å²) in [5.74, 6) is -0.725. The Bertz CT molecular complexity index is 443. The number of amides is 1. The zero-order chi connectivity index (χ0) is 13.5. The number of carbonyl (C=O) groups is 2. The predicted octanol–water partition coefficient (Wildman–Crippen LogP) is 1.60. The van der Waals surface area contributed by atoms with Gasteiger partial charge >= 0.3 is 5.97 Å². The van der Waals surface area contributed by atoms with Crippen LogP contribution in [-0.4, -0.2) is 30.6 Å². The van der Waals surface area contributed by atoms with E-state index in [9.17, 15) is 9.59 Å². The molecule has 98 valence electrons. The summed E-state index contributed by atoms with van der Waals surface area (Å²) < 4.78 is 5.41. The van der Waals surface area contributed by atoms with Gasteiger partial charge < -0.3 is 15.2 Å². The van der Waals surface area contributed by atoms with Gasteiger partial charge in [0.05, 0.1) is 6.61 Å². The maximum Gasteiger partial charge on any atom is 0.339 e. The minimum Gasteiger partial charge on any atom is -0.493 e. The van der Waals surface area contributed by atoms with E-state index in [1.54, 1.807) is 19.2 Å². The fourth-order valence-electron chi connectivity index (χ4n) is 1.47. The fraction of sp³-hybridized carbons (Fsp3) is 0.385. The van der Waals surface area contributed by atoms with Crippen LogP contribution in [0, 0.1) is 6.92 Å². The molecule has 0 aliphatic heterocycles. The highest BCUT2D eigenvalue weighted by atomic mass is 16.5. The molecule has 0 bridgehead atoms. The number of hydrogen-bond acceptors (Lipinski definition) is 3. The van der Waals surface area contributed by atoms with E-state index in [1.807, 2.05) is 6.92 Å². The molecular weight excluding hydrogens is 234 g/mol. The Morgan fingerprint density at radius 3 is 2.72 bits per heavy atom. The molecule has 0 aromatic heterocycles. The quantitative estimate of drug-likeness (QED) is 0.753. The number of carboxylic acid groups (broad SMARTS) is 1. The summed E-state index contributed by atoms with van der Waals surface area (Å²) in [6, 6.07) is 4.93. The molecule has 0 heterocycles. The highest BCUT2D eigenvalue weighted by molar-refractivity contribution is 5.90. The van der Waals surface area contributed by atoms with Gasteiger partial charge in [0.15, 0.2) is 0 Å². The van der Waals surface area contributed by atoms with Gasteiger partial charge in [0.1, 0.15) is 11.3 Å². The zero-order valence-electron chi connectivity index (χ0n) is 10.5. The molecule has 0 saturated heterocycles. The van der Waals surface area contributed by atoms with Crippen LogP contribution in [0.1, 0.15) is 28.8 Å². The topological polar surface area (TPSA) is 75.6 Å². The minimum absolute atomic E-state index is 0.0544. The number of aryl methyl sites for hydroxylation is 1. The molecule has 18 heavy (non-hydrogen) atoms. The van der Waals surface area contributed by atoms with Crippen molar-refractivity contribution in [3.8, 4) is 5.75 Å². The second-order valence-electron chi connectivity index (χ2n) is 3.93. The fourth-order valence-corrected chi connectivity index (χ4v) is 1.47. The third kappa shape index (κ3) is 4.08. The van der Waals surface area contributed by atoms with Gasteiger partial charge in [-0.25, -0.2) is 4.79 Å². The first-order valence-electron chi connectivity index (χ1n) is 5.72. The molecule has 0 aliphatic carbocycles. The van der Waals surface area contributed by atoms with Crippen LogP contribution in [0.4, 0.5) is 0 Å². The average molecular weight is 251 g/mol. The maximum atomic E-state index is 11.0. The van der Waals surface area contributed by atoms with E-state index in [0.717, 1.165) is 5.56 Å². The van der Waals surface area contributed by atoms with Crippen molar-refractivity contribution >= 4 is 11.9 Å². The minimum atomic E-state index is -1.02. The van der Waals surface area contributed by atoms with E-state index in [0.29, 0.717) is 25.2 Å². The van der Waals surface area contributed by atoms with Crippen LogP contribution < -0.4 is 10.1 Å². The van der Waals surface area contributed by atoms with Crippen LogP contribution >= 0.6 is 0 Å². The molecule has 0 fully saturated rings. The number of nitrogens with one attached hydrogen (secondary N) is 1. The van der Waals surface area contributed by atoms with Crippen molar-refractivity contribution in [2.24, 2.45) is 0 Å². The second kappa shape index (κ2) is 6.64. The van der Waals surface area contributed by atoms with Crippen molar-refractivity contribution in [2.45, 2.75) is 19.8 Å². The molecule has 1 amide bonds. The van der Waals surface area contributed by atoms with E-state index in [1.165, 1.54) is 6.07 Å². The molecule has 5 heteroatoms. The summed E-state index contributed by atoms with van der Waals surface area (Å²) in [7, 11) is 1.58. The Morgan fingerprint density at radius 1 is 1.39 bits per heavy atom. The maximum absolute atomic E-state index is 11.0. The normalized spacial score (nSPS) is 9.89. The third-order valence-electron chi connectivity index (χ3n) is 2.45. The molecule has 0 aliphatic rings. The molecule has 1 aromatic rings. The van der Waals surface area contributed by atoms with Crippen LogP contribution in [0.5, 0.6) is 5.75 Å². The molecule has 5 nitrogen and oxygen atoms in total. The number of rotatable bonds is 6.